The Labute approximate surface area is 145 Å². The lowest BCUT2D eigenvalue weighted by molar-refractivity contribution is 0.0947. The van der Waals surface area contributed by atoms with Crippen molar-refractivity contribution in [2.45, 2.75) is 6.54 Å². The number of nitrogens with one attached hydrogen (secondary N) is 1. The average molecular weight is 392 g/mol. The molecule has 3 aromatic rings. The van der Waals surface area contributed by atoms with Crippen LogP contribution in [0, 0.1) is 11.6 Å². The van der Waals surface area contributed by atoms with Crippen LogP contribution in [0.15, 0.2) is 63.5 Å². The second kappa shape index (κ2) is 6.97. The molecule has 1 amide bonds. The zero-order chi connectivity index (χ0) is 17.1. The van der Waals surface area contributed by atoms with E-state index in [-0.39, 0.29) is 18.3 Å². The molecule has 0 aliphatic rings. The Hall–Kier alpha value is -2.47. The van der Waals surface area contributed by atoms with E-state index in [0.29, 0.717) is 21.6 Å². The standard InChI is InChI=1S/C18H12BrF2NO2/c19-16-9-13(21)5-7-15(16)18(23)22-10-14-6-8-17(24-14)11-1-3-12(20)4-2-11/h1-9H,10H2,(H,22,23). The first-order valence-corrected chi connectivity index (χ1v) is 7.90. The van der Waals surface area contributed by atoms with Gasteiger partial charge in [-0.15, -0.1) is 0 Å². The van der Waals surface area contributed by atoms with Gasteiger partial charge in [0.25, 0.3) is 5.91 Å². The summed E-state index contributed by atoms with van der Waals surface area (Å²) in [5, 5.41) is 2.70. The highest BCUT2D eigenvalue weighted by atomic mass is 79.9. The number of furan rings is 1. The maximum absolute atomic E-state index is 13.1. The molecule has 0 aliphatic heterocycles. The molecule has 24 heavy (non-hydrogen) atoms. The van der Waals surface area contributed by atoms with Crippen LogP contribution in [-0.2, 0) is 6.54 Å². The molecule has 0 unspecified atom stereocenters. The number of carbonyl (C=O) groups is 1. The minimum atomic E-state index is -0.423. The van der Waals surface area contributed by atoms with Crippen LogP contribution in [0.2, 0.25) is 0 Å². The van der Waals surface area contributed by atoms with Crippen molar-refractivity contribution in [1.29, 1.82) is 0 Å². The smallest absolute Gasteiger partial charge is 0.252 e. The van der Waals surface area contributed by atoms with Gasteiger partial charge in [-0.2, -0.15) is 0 Å². The van der Waals surface area contributed by atoms with Crippen LogP contribution < -0.4 is 5.32 Å². The highest BCUT2D eigenvalue weighted by Gasteiger charge is 2.12. The van der Waals surface area contributed by atoms with Crippen molar-refractivity contribution in [2.75, 3.05) is 0 Å². The largest absolute Gasteiger partial charge is 0.459 e. The van der Waals surface area contributed by atoms with Crippen LogP contribution in [0.5, 0.6) is 0 Å². The van der Waals surface area contributed by atoms with Crippen molar-refractivity contribution < 1.29 is 18.0 Å². The van der Waals surface area contributed by atoms with Gasteiger partial charge < -0.3 is 9.73 Å². The van der Waals surface area contributed by atoms with Crippen molar-refractivity contribution in [1.82, 2.24) is 5.32 Å². The number of carbonyl (C=O) groups excluding carboxylic acids is 1. The number of benzene rings is 2. The van der Waals surface area contributed by atoms with E-state index in [9.17, 15) is 13.6 Å². The monoisotopic (exact) mass is 391 g/mol. The summed E-state index contributed by atoms with van der Waals surface area (Å²) < 4.78 is 32.0. The quantitative estimate of drug-likeness (QED) is 0.685. The van der Waals surface area contributed by atoms with Gasteiger partial charge in [0.15, 0.2) is 0 Å². The van der Waals surface area contributed by atoms with Gasteiger partial charge in [0.1, 0.15) is 23.2 Å². The fourth-order valence-corrected chi connectivity index (χ4v) is 2.71. The van der Waals surface area contributed by atoms with E-state index in [2.05, 4.69) is 21.2 Å². The molecule has 2 aromatic carbocycles. The van der Waals surface area contributed by atoms with E-state index in [0.717, 1.165) is 5.56 Å². The maximum Gasteiger partial charge on any atom is 0.252 e. The first kappa shape index (κ1) is 16.4. The predicted molar refractivity (Wildman–Crippen MR) is 89.4 cm³/mol. The maximum atomic E-state index is 13.1. The van der Waals surface area contributed by atoms with Crippen LogP contribution in [0.25, 0.3) is 11.3 Å². The van der Waals surface area contributed by atoms with Crippen molar-refractivity contribution in [2.24, 2.45) is 0 Å². The van der Waals surface area contributed by atoms with E-state index in [1.807, 2.05) is 0 Å². The van der Waals surface area contributed by atoms with Crippen LogP contribution >= 0.6 is 15.9 Å². The van der Waals surface area contributed by atoms with E-state index in [4.69, 9.17) is 4.42 Å². The van der Waals surface area contributed by atoms with Crippen LogP contribution in [-0.4, -0.2) is 5.91 Å². The van der Waals surface area contributed by atoms with Crippen molar-refractivity contribution >= 4 is 21.8 Å². The molecular formula is C18H12BrF2NO2. The second-order valence-corrected chi connectivity index (χ2v) is 5.93. The van der Waals surface area contributed by atoms with Gasteiger partial charge >= 0.3 is 0 Å². The minimum Gasteiger partial charge on any atom is -0.459 e. The number of rotatable bonds is 4. The summed E-state index contributed by atoms with van der Waals surface area (Å²) in [5.41, 5.74) is 1.08. The molecule has 0 spiro atoms. The molecular weight excluding hydrogens is 380 g/mol. The molecule has 3 rings (SSSR count). The van der Waals surface area contributed by atoms with Crippen molar-refractivity contribution in [3.63, 3.8) is 0 Å². The van der Waals surface area contributed by atoms with E-state index < -0.39 is 5.82 Å². The molecule has 0 fully saturated rings. The second-order valence-electron chi connectivity index (χ2n) is 5.08. The number of hydrogen-bond donors (Lipinski definition) is 1. The minimum absolute atomic E-state index is 0.184. The topological polar surface area (TPSA) is 42.2 Å². The van der Waals surface area contributed by atoms with Gasteiger partial charge in [-0.1, -0.05) is 0 Å². The zero-order valence-corrected chi connectivity index (χ0v) is 13.9. The highest BCUT2D eigenvalue weighted by Crippen LogP contribution is 2.23. The van der Waals surface area contributed by atoms with Crippen LogP contribution in [0.1, 0.15) is 16.1 Å². The Bertz CT molecular complexity index is 875. The lowest BCUT2D eigenvalue weighted by atomic mass is 10.2. The molecule has 122 valence electrons. The SMILES string of the molecule is O=C(NCc1ccc(-c2ccc(F)cc2)o1)c1ccc(F)cc1Br. The molecule has 1 heterocycles. The summed E-state index contributed by atoms with van der Waals surface area (Å²) in [5.74, 6) is 0.0563. The van der Waals surface area contributed by atoms with Gasteiger partial charge in [-0.05, 0) is 70.5 Å². The third-order valence-electron chi connectivity index (χ3n) is 3.39. The first-order valence-electron chi connectivity index (χ1n) is 7.11. The third kappa shape index (κ3) is 3.71. The normalized spacial score (nSPS) is 10.6. The van der Waals surface area contributed by atoms with E-state index in [1.165, 1.54) is 30.3 Å². The average Bonchev–Trinajstić information content (AvgIpc) is 3.02. The molecule has 0 saturated heterocycles. The van der Waals surface area contributed by atoms with Crippen LogP contribution in [0.4, 0.5) is 8.78 Å². The third-order valence-corrected chi connectivity index (χ3v) is 4.05. The lowest BCUT2D eigenvalue weighted by Gasteiger charge is -2.05. The summed E-state index contributed by atoms with van der Waals surface area (Å²) in [7, 11) is 0. The number of hydrogen-bond acceptors (Lipinski definition) is 2. The van der Waals surface area contributed by atoms with Crippen molar-refractivity contribution in [3.8, 4) is 11.3 Å². The Morgan fingerprint density at radius 1 is 1.00 bits per heavy atom. The van der Waals surface area contributed by atoms with Gasteiger partial charge in [0.05, 0.1) is 12.1 Å². The number of amides is 1. The fourth-order valence-electron chi connectivity index (χ4n) is 2.18. The Morgan fingerprint density at radius 2 is 1.71 bits per heavy atom. The summed E-state index contributed by atoms with van der Waals surface area (Å²) in [6.45, 7) is 0.184. The fraction of sp³-hybridized carbons (Fsp3) is 0.0556. The van der Waals surface area contributed by atoms with E-state index >= 15 is 0 Å². The highest BCUT2D eigenvalue weighted by molar-refractivity contribution is 9.10. The molecule has 0 saturated carbocycles. The summed E-state index contributed by atoms with van der Waals surface area (Å²) in [6, 6.07) is 13.3. The lowest BCUT2D eigenvalue weighted by Crippen LogP contribution is -2.22. The van der Waals surface area contributed by atoms with Gasteiger partial charge in [0.2, 0.25) is 0 Å². The molecule has 1 aromatic heterocycles. The summed E-state index contributed by atoms with van der Waals surface area (Å²) >= 11 is 3.16. The zero-order valence-electron chi connectivity index (χ0n) is 12.4. The van der Waals surface area contributed by atoms with E-state index in [1.54, 1.807) is 24.3 Å². The molecule has 0 bridgehead atoms. The summed E-state index contributed by atoms with van der Waals surface area (Å²) in [6.07, 6.45) is 0. The molecule has 6 heteroatoms. The molecule has 0 radical (unpaired) electrons. The molecule has 0 atom stereocenters. The Morgan fingerprint density at radius 3 is 2.42 bits per heavy atom. The van der Waals surface area contributed by atoms with Crippen molar-refractivity contribution in [3.05, 3.63) is 82.0 Å². The predicted octanol–water partition coefficient (Wildman–Crippen LogP) is 4.92. The Kier molecular flexibility index (Phi) is 4.76. The van der Waals surface area contributed by atoms with Gasteiger partial charge in [0, 0.05) is 10.0 Å². The first-order chi connectivity index (χ1) is 11.5. The molecule has 1 N–H and O–H groups in total. The summed E-state index contributed by atoms with van der Waals surface area (Å²) in [4.78, 5) is 12.1. The van der Waals surface area contributed by atoms with Crippen LogP contribution in [0.3, 0.4) is 0 Å². The molecule has 0 aliphatic carbocycles. The molecule has 3 nitrogen and oxygen atoms in total. The van der Waals surface area contributed by atoms with Gasteiger partial charge in [-0.25, -0.2) is 8.78 Å². The number of halogens is 3. The van der Waals surface area contributed by atoms with Gasteiger partial charge in [-0.3, -0.25) is 4.79 Å². The Balaban J connectivity index is 1.67.